The first-order valence-electron chi connectivity index (χ1n) is 8.96. The molecule has 0 aliphatic carbocycles. The van der Waals surface area contributed by atoms with Gasteiger partial charge < -0.3 is 18.8 Å². The molecule has 1 aromatic carbocycles. The predicted molar refractivity (Wildman–Crippen MR) is 112 cm³/mol. The van der Waals surface area contributed by atoms with E-state index in [-0.39, 0.29) is 5.12 Å². The fraction of sp³-hybridized carbons (Fsp3) is 0.500. The lowest BCUT2D eigenvalue weighted by Gasteiger charge is -2.32. The zero-order chi connectivity index (χ0) is 21.1. The summed E-state index contributed by atoms with van der Waals surface area (Å²) in [7, 11) is 2.29. The van der Waals surface area contributed by atoms with Crippen molar-refractivity contribution >= 4 is 36.0 Å². The third-order valence-corrected chi connectivity index (χ3v) is 5.87. The second-order valence-corrected chi connectivity index (χ2v) is 8.69. The molecule has 0 radical (unpaired) electrons. The van der Waals surface area contributed by atoms with Crippen LogP contribution in [-0.2, 0) is 18.8 Å². The van der Waals surface area contributed by atoms with Crippen LogP contribution in [0.25, 0.3) is 6.08 Å². The van der Waals surface area contributed by atoms with E-state index in [2.05, 4.69) is 0 Å². The van der Waals surface area contributed by atoms with Gasteiger partial charge in [0.1, 0.15) is 5.75 Å². The topological polar surface area (TPSA) is 71.1 Å². The SMILES string of the molecule is COC(=O)c1ccc(OC)c(C=C(CSC(C)=O)B2OC(C)(C)C(C)(C)O2)c1. The van der Waals surface area contributed by atoms with Crippen LogP contribution >= 0.6 is 11.8 Å². The summed E-state index contributed by atoms with van der Waals surface area (Å²) in [6.45, 7) is 9.41. The number of esters is 1. The van der Waals surface area contributed by atoms with Crippen molar-refractivity contribution in [2.24, 2.45) is 0 Å². The number of thioether (sulfide) groups is 1. The molecule has 0 unspecified atom stereocenters. The number of hydrogen-bond donors (Lipinski definition) is 0. The van der Waals surface area contributed by atoms with E-state index in [1.807, 2.05) is 33.8 Å². The van der Waals surface area contributed by atoms with Gasteiger partial charge in [0.15, 0.2) is 5.12 Å². The Morgan fingerprint density at radius 1 is 1.14 bits per heavy atom. The van der Waals surface area contributed by atoms with E-state index in [0.717, 1.165) is 5.47 Å². The van der Waals surface area contributed by atoms with Crippen molar-refractivity contribution in [3.8, 4) is 5.75 Å². The van der Waals surface area contributed by atoms with E-state index >= 15 is 0 Å². The van der Waals surface area contributed by atoms with Crippen molar-refractivity contribution in [3.05, 3.63) is 34.8 Å². The summed E-state index contributed by atoms with van der Waals surface area (Å²) in [6.07, 6.45) is 1.85. The number of methoxy groups -OCH3 is 2. The van der Waals surface area contributed by atoms with Gasteiger partial charge in [0.2, 0.25) is 0 Å². The first-order valence-corrected chi connectivity index (χ1v) is 9.95. The van der Waals surface area contributed by atoms with E-state index < -0.39 is 24.3 Å². The van der Waals surface area contributed by atoms with E-state index in [4.69, 9.17) is 18.8 Å². The van der Waals surface area contributed by atoms with Crippen LogP contribution in [0.3, 0.4) is 0 Å². The highest BCUT2D eigenvalue weighted by atomic mass is 32.2. The normalized spacial score (nSPS) is 18.1. The third kappa shape index (κ3) is 4.98. The molecule has 0 bridgehead atoms. The molecule has 0 saturated carbocycles. The fourth-order valence-corrected chi connectivity index (χ4v) is 3.24. The van der Waals surface area contributed by atoms with Gasteiger partial charge in [0, 0.05) is 18.2 Å². The molecule has 0 amide bonds. The summed E-state index contributed by atoms with van der Waals surface area (Å²) in [4.78, 5) is 23.5. The molecule has 1 aromatic rings. The van der Waals surface area contributed by atoms with Crippen LogP contribution in [0, 0.1) is 0 Å². The minimum atomic E-state index is -0.608. The first-order chi connectivity index (χ1) is 13.0. The maximum Gasteiger partial charge on any atom is 0.491 e. The van der Waals surface area contributed by atoms with E-state index in [1.165, 1.54) is 25.8 Å². The monoisotopic (exact) mass is 406 g/mol. The summed E-state index contributed by atoms with van der Waals surface area (Å²) >= 11 is 1.17. The molecule has 1 heterocycles. The molecule has 1 aliphatic heterocycles. The average molecular weight is 406 g/mol. The lowest BCUT2D eigenvalue weighted by atomic mass is 9.78. The largest absolute Gasteiger partial charge is 0.496 e. The molecular formula is C20H27BO6S. The lowest BCUT2D eigenvalue weighted by Crippen LogP contribution is -2.41. The van der Waals surface area contributed by atoms with Gasteiger partial charge in [0.25, 0.3) is 0 Å². The van der Waals surface area contributed by atoms with Gasteiger partial charge in [-0.15, -0.1) is 0 Å². The van der Waals surface area contributed by atoms with Crippen LogP contribution < -0.4 is 4.74 Å². The van der Waals surface area contributed by atoms with Gasteiger partial charge >= 0.3 is 13.1 Å². The minimum Gasteiger partial charge on any atom is -0.496 e. The number of carbonyl (C=O) groups excluding carboxylic acids is 2. The van der Waals surface area contributed by atoms with Gasteiger partial charge in [0.05, 0.1) is 31.0 Å². The second-order valence-electron chi connectivity index (χ2n) is 7.54. The quantitative estimate of drug-likeness (QED) is 0.526. The molecule has 1 saturated heterocycles. The fourth-order valence-electron chi connectivity index (χ4n) is 2.65. The van der Waals surface area contributed by atoms with Gasteiger partial charge in [-0.1, -0.05) is 17.8 Å². The van der Waals surface area contributed by atoms with Crippen LogP contribution in [0.5, 0.6) is 5.75 Å². The van der Waals surface area contributed by atoms with Crippen molar-refractivity contribution < 1.29 is 28.4 Å². The Kier molecular flexibility index (Phi) is 7.01. The Hall–Kier alpha value is -1.77. The summed E-state index contributed by atoms with van der Waals surface area (Å²) in [5.74, 6) is 0.555. The molecule has 1 aliphatic rings. The van der Waals surface area contributed by atoms with Crippen LogP contribution in [0.2, 0.25) is 0 Å². The second kappa shape index (κ2) is 8.72. The third-order valence-electron chi connectivity index (χ3n) is 4.99. The number of ether oxygens (including phenoxy) is 2. The van der Waals surface area contributed by atoms with Crippen molar-refractivity contribution in [3.63, 3.8) is 0 Å². The summed E-state index contributed by atoms with van der Waals surface area (Å²) < 4.78 is 22.5. The van der Waals surface area contributed by atoms with Crippen molar-refractivity contribution in [1.82, 2.24) is 0 Å². The minimum absolute atomic E-state index is 0.00214. The standard InChI is InChI=1S/C20H27BO6S/c1-13(22)28-12-16(21-26-19(2,3)20(4,5)27-21)11-15-10-14(18(23)25-7)8-9-17(15)24-6/h8-11H,12H2,1-7H3. The van der Waals surface area contributed by atoms with Crippen LogP contribution in [0.15, 0.2) is 23.7 Å². The Balaban J connectivity index is 2.47. The molecule has 2 rings (SSSR count). The van der Waals surface area contributed by atoms with Crippen LogP contribution in [0.1, 0.15) is 50.5 Å². The van der Waals surface area contributed by atoms with Gasteiger partial charge in [-0.05, 0) is 51.4 Å². The molecule has 6 nitrogen and oxygen atoms in total. The average Bonchev–Trinajstić information content (AvgIpc) is 2.84. The van der Waals surface area contributed by atoms with Crippen molar-refractivity contribution in [2.45, 2.75) is 45.8 Å². The number of hydrogen-bond acceptors (Lipinski definition) is 7. The molecule has 1 fully saturated rings. The smallest absolute Gasteiger partial charge is 0.491 e. The molecular weight excluding hydrogens is 379 g/mol. The first kappa shape index (κ1) is 22.5. The summed E-state index contributed by atoms with van der Waals surface area (Å²) in [6, 6.07) is 5.03. The van der Waals surface area contributed by atoms with E-state index in [1.54, 1.807) is 25.3 Å². The van der Waals surface area contributed by atoms with Gasteiger partial charge in [-0.3, -0.25) is 4.79 Å². The molecule has 8 heteroatoms. The maximum atomic E-state index is 11.9. The van der Waals surface area contributed by atoms with Crippen molar-refractivity contribution in [1.29, 1.82) is 0 Å². The molecule has 28 heavy (non-hydrogen) atoms. The molecule has 152 valence electrons. The highest BCUT2D eigenvalue weighted by Crippen LogP contribution is 2.39. The van der Waals surface area contributed by atoms with E-state index in [0.29, 0.717) is 22.6 Å². The highest BCUT2D eigenvalue weighted by molar-refractivity contribution is 8.13. The Morgan fingerprint density at radius 2 is 1.75 bits per heavy atom. The maximum absolute atomic E-state index is 11.9. The number of benzene rings is 1. The van der Waals surface area contributed by atoms with Crippen molar-refractivity contribution in [2.75, 3.05) is 20.0 Å². The Labute approximate surface area is 171 Å². The summed E-state index contributed by atoms with van der Waals surface area (Å²) in [5.41, 5.74) is 0.853. The Morgan fingerprint density at radius 3 is 2.25 bits per heavy atom. The zero-order valence-corrected chi connectivity index (χ0v) is 18.3. The highest BCUT2D eigenvalue weighted by Gasteiger charge is 2.52. The Bertz CT molecular complexity index is 771. The summed E-state index contributed by atoms with van der Waals surface area (Å²) in [5, 5.41) is -0.00214. The van der Waals surface area contributed by atoms with Gasteiger partial charge in [-0.25, -0.2) is 4.79 Å². The molecule has 0 aromatic heterocycles. The molecule has 0 N–H and O–H groups in total. The van der Waals surface area contributed by atoms with E-state index in [9.17, 15) is 9.59 Å². The number of rotatable bonds is 6. The van der Waals surface area contributed by atoms with Crippen LogP contribution in [0.4, 0.5) is 0 Å². The zero-order valence-electron chi connectivity index (χ0n) is 17.5. The molecule has 0 atom stereocenters. The molecule has 0 spiro atoms. The lowest BCUT2D eigenvalue weighted by molar-refractivity contribution is -0.109. The number of carbonyl (C=O) groups is 2. The van der Waals surface area contributed by atoms with Crippen LogP contribution in [-0.4, -0.2) is 49.4 Å². The predicted octanol–water partition coefficient (Wildman–Crippen LogP) is 3.78. The van der Waals surface area contributed by atoms with Gasteiger partial charge in [-0.2, -0.15) is 0 Å².